The SMILES string of the molecule is Cc1cc(N)c2ccnc(C(=O)N(C)c3ccccc3)c2c1. The Bertz CT molecular complexity index is 844. The summed E-state index contributed by atoms with van der Waals surface area (Å²) in [7, 11) is 1.75. The molecule has 0 atom stereocenters. The Kier molecular flexibility index (Phi) is 3.51. The van der Waals surface area contributed by atoms with Gasteiger partial charge in [-0.15, -0.1) is 0 Å². The average Bonchev–Trinajstić information content (AvgIpc) is 2.54. The van der Waals surface area contributed by atoms with E-state index in [1.54, 1.807) is 18.1 Å². The fourth-order valence-electron chi connectivity index (χ4n) is 2.56. The van der Waals surface area contributed by atoms with Crippen molar-refractivity contribution in [1.29, 1.82) is 0 Å². The summed E-state index contributed by atoms with van der Waals surface area (Å²) in [6.45, 7) is 1.96. The van der Waals surface area contributed by atoms with Gasteiger partial charge in [-0.2, -0.15) is 0 Å². The topological polar surface area (TPSA) is 59.2 Å². The number of benzene rings is 2. The van der Waals surface area contributed by atoms with Gasteiger partial charge in [0, 0.05) is 35.4 Å². The van der Waals surface area contributed by atoms with Crippen LogP contribution in [0.1, 0.15) is 16.1 Å². The molecule has 2 aromatic carbocycles. The first kappa shape index (κ1) is 14.1. The van der Waals surface area contributed by atoms with Crippen LogP contribution in [-0.2, 0) is 0 Å². The molecule has 0 fully saturated rings. The highest BCUT2D eigenvalue weighted by molar-refractivity contribution is 6.14. The summed E-state index contributed by atoms with van der Waals surface area (Å²) in [5.41, 5.74) is 8.97. The van der Waals surface area contributed by atoms with Crippen molar-refractivity contribution < 1.29 is 4.79 Å². The van der Waals surface area contributed by atoms with Crippen LogP contribution in [0.5, 0.6) is 0 Å². The van der Waals surface area contributed by atoms with E-state index in [4.69, 9.17) is 5.73 Å². The molecule has 3 aromatic rings. The molecule has 0 saturated heterocycles. The number of para-hydroxylation sites is 1. The van der Waals surface area contributed by atoms with E-state index in [0.29, 0.717) is 11.4 Å². The van der Waals surface area contributed by atoms with Crippen molar-refractivity contribution in [3.05, 3.63) is 66.0 Å². The molecule has 0 aliphatic rings. The molecule has 110 valence electrons. The summed E-state index contributed by atoms with van der Waals surface area (Å²) in [6.07, 6.45) is 1.63. The van der Waals surface area contributed by atoms with E-state index in [1.165, 1.54) is 0 Å². The van der Waals surface area contributed by atoms with Gasteiger partial charge in [-0.05, 0) is 42.8 Å². The number of hydrogen-bond acceptors (Lipinski definition) is 3. The van der Waals surface area contributed by atoms with Crippen LogP contribution in [0.15, 0.2) is 54.7 Å². The number of nitrogen functional groups attached to an aromatic ring is 1. The molecular weight excluding hydrogens is 274 g/mol. The number of nitrogens with zero attached hydrogens (tertiary/aromatic N) is 2. The number of hydrogen-bond donors (Lipinski definition) is 1. The molecule has 1 aromatic heterocycles. The summed E-state index contributed by atoms with van der Waals surface area (Å²) >= 11 is 0. The third-order valence-corrected chi connectivity index (χ3v) is 3.71. The second-order valence-electron chi connectivity index (χ2n) is 5.31. The van der Waals surface area contributed by atoms with Crippen LogP contribution in [0, 0.1) is 6.92 Å². The van der Waals surface area contributed by atoms with E-state index in [-0.39, 0.29) is 5.91 Å². The van der Waals surface area contributed by atoms with Crippen molar-refractivity contribution in [2.24, 2.45) is 0 Å². The molecule has 0 aliphatic carbocycles. The number of anilines is 2. The normalized spacial score (nSPS) is 10.6. The highest BCUT2D eigenvalue weighted by atomic mass is 16.2. The third-order valence-electron chi connectivity index (χ3n) is 3.71. The molecule has 4 nitrogen and oxygen atoms in total. The van der Waals surface area contributed by atoms with E-state index >= 15 is 0 Å². The number of fused-ring (bicyclic) bond motifs is 1. The van der Waals surface area contributed by atoms with Gasteiger partial charge in [0.05, 0.1) is 0 Å². The Morgan fingerprint density at radius 3 is 2.55 bits per heavy atom. The smallest absolute Gasteiger partial charge is 0.277 e. The Hall–Kier alpha value is -2.88. The zero-order valence-electron chi connectivity index (χ0n) is 12.6. The van der Waals surface area contributed by atoms with Gasteiger partial charge in [-0.3, -0.25) is 9.78 Å². The quantitative estimate of drug-likeness (QED) is 0.736. The molecule has 1 amide bonds. The van der Waals surface area contributed by atoms with Crippen molar-refractivity contribution in [1.82, 2.24) is 4.98 Å². The van der Waals surface area contributed by atoms with Gasteiger partial charge in [0.15, 0.2) is 0 Å². The first-order valence-electron chi connectivity index (χ1n) is 7.06. The van der Waals surface area contributed by atoms with E-state index in [0.717, 1.165) is 22.0 Å². The number of pyridine rings is 1. The number of carbonyl (C=O) groups is 1. The van der Waals surface area contributed by atoms with Gasteiger partial charge in [-0.1, -0.05) is 18.2 Å². The fraction of sp³-hybridized carbons (Fsp3) is 0.111. The van der Waals surface area contributed by atoms with Crippen molar-refractivity contribution in [3.63, 3.8) is 0 Å². The van der Waals surface area contributed by atoms with Crippen molar-refractivity contribution in [2.45, 2.75) is 6.92 Å². The van der Waals surface area contributed by atoms with Crippen LogP contribution in [0.3, 0.4) is 0 Å². The van der Waals surface area contributed by atoms with E-state index in [9.17, 15) is 4.79 Å². The van der Waals surface area contributed by atoms with Gasteiger partial charge >= 0.3 is 0 Å². The Balaban J connectivity index is 2.12. The monoisotopic (exact) mass is 291 g/mol. The highest BCUT2D eigenvalue weighted by Gasteiger charge is 2.18. The summed E-state index contributed by atoms with van der Waals surface area (Å²) in [4.78, 5) is 18.7. The molecule has 3 rings (SSSR count). The minimum Gasteiger partial charge on any atom is -0.398 e. The molecule has 0 spiro atoms. The number of nitrogens with two attached hydrogens (primary N) is 1. The first-order chi connectivity index (χ1) is 10.6. The van der Waals surface area contributed by atoms with Gasteiger partial charge in [0.1, 0.15) is 5.69 Å². The molecule has 22 heavy (non-hydrogen) atoms. The number of amides is 1. The first-order valence-corrected chi connectivity index (χ1v) is 7.06. The lowest BCUT2D eigenvalue weighted by atomic mass is 10.0. The second kappa shape index (κ2) is 5.48. The van der Waals surface area contributed by atoms with Gasteiger partial charge in [0.2, 0.25) is 0 Å². The van der Waals surface area contributed by atoms with Crippen LogP contribution in [-0.4, -0.2) is 17.9 Å². The summed E-state index contributed by atoms with van der Waals surface area (Å²) in [5, 5.41) is 1.64. The van der Waals surface area contributed by atoms with Crippen LogP contribution in [0.4, 0.5) is 11.4 Å². The second-order valence-corrected chi connectivity index (χ2v) is 5.31. The predicted octanol–water partition coefficient (Wildman–Crippen LogP) is 3.40. The highest BCUT2D eigenvalue weighted by Crippen LogP contribution is 2.26. The van der Waals surface area contributed by atoms with Crippen molar-refractivity contribution >= 4 is 28.1 Å². The maximum atomic E-state index is 12.8. The Labute approximate surface area is 129 Å². The Morgan fingerprint density at radius 1 is 1.09 bits per heavy atom. The number of carbonyl (C=O) groups excluding carboxylic acids is 1. The number of aryl methyl sites for hydroxylation is 1. The lowest BCUT2D eigenvalue weighted by Crippen LogP contribution is -2.27. The predicted molar refractivity (Wildman–Crippen MR) is 90.1 cm³/mol. The van der Waals surface area contributed by atoms with Crippen LogP contribution in [0.25, 0.3) is 10.8 Å². The number of aromatic nitrogens is 1. The molecule has 0 bridgehead atoms. The van der Waals surface area contributed by atoms with Crippen molar-refractivity contribution in [2.75, 3.05) is 17.7 Å². The van der Waals surface area contributed by atoms with E-state index < -0.39 is 0 Å². The molecule has 0 radical (unpaired) electrons. The minimum atomic E-state index is -0.151. The van der Waals surface area contributed by atoms with Gasteiger partial charge in [0.25, 0.3) is 5.91 Å². The molecular formula is C18H17N3O. The van der Waals surface area contributed by atoms with Crippen LogP contribution < -0.4 is 10.6 Å². The summed E-state index contributed by atoms with van der Waals surface area (Å²) in [6, 6.07) is 15.2. The standard InChI is InChI=1S/C18H17N3O/c1-12-10-15-14(16(19)11-12)8-9-20-17(15)18(22)21(2)13-6-4-3-5-7-13/h3-11H,19H2,1-2H3. The largest absolute Gasteiger partial charge is 0.398 e. The van der Waals surface area contributed by atoms with E-state index in [1.807, 2.05) is 55.5 Å². The molecule has 0 saturated carbocycles. The summed E-state index contributed by atoms with van der Waals surface area (Å²) < 4.78 is 0. The maximum Gasteiger partial charge on any atom is 0.277 e. The third kappa shape index (κ3) is 2.39. The molecule has 1 heterocycles. The van der Waals surface area contributed by atoms with E-state index in [2.05, 4.69) is 4.98 Å². The minimum absolute atomic E-state index is 0.151. The lowest BCUT2D eigenvalue weighted by Gasteiger charge is -2.18. The van der Waals surface area contributed by atoms with Crippen LogP contribution >= 0.6 is 0 Å². The zero-order valence-corrected chi connectivity index (χ0v) is 12.6. The van der Waals surface area contributed by atoms with Gasteiger partial charge in [-0.25, -0.2) is 0 Å². The summed E-state index contributed by atoms with van der Waals surface area (Å²) in [5.74, 6) is -0.151. The molecule has 2 N–H and O–H groups in total. The zero-order chi connectivity index (χ0) is 15.7. The van der Waals surface area contributed by atoms with Crippen LogP contribution in [0.2, 0.25) is 0 Å². The molecule has 0 unspecified atom stereocenters. The number of rotatable bonds is 2. The van der Waals surface area contributed by atoms with Gasteiger partial charge < -0.3 is 10.6 Å². The lowest BCUT2D eigenvalue weighted by molar-refractivity contribution is 0.0990. The fourth-order valence-corrected chi connectivity index (χ4v) is 2.56. The molecule has 4 heteroatoms. The average molecular weight is 291 g/mol. The molecule has 0 aliphatic heterocycles. The van der Waals surface area contributed by atoms with Crippen molar-refractivity contribution in [3.8, 4) is 0 Å². The maximum absolute atomic E-state index is 12.8. The Morgan fingerprint density at radius 2 is 1.82 bits per heavy atom.